The third kappa shape index (κ3) is 1.53. The third-order valence-corrected chi connectivity index (χ3v) is 2.78. The van der Waals surface area contributed by atoms with E-state index < -0.39 is 0 Å². The Kier molecular flexibility index (Phi) is 1.99. The van der Waals surface area contributed by atoms with Gasteiger partial charge in [0.25, 0.3) is 0 Å². The van der Waals surface area contributed by atoms with Gasteiger partial charge >= 0.3 is 0 Å². The summed E-state index contributed by atoms with van der Waals surface area (Å²) >= 11 is 0. The molecule has 4 nitrogen and oxygen atoms in total. The number of hydrogen-bond acceptors (Lipinski definition) is 3. The molecule has 0 atom stereocenters. The van der Waals surface area contributed by atoms with Crippen LogP contribution in [-0.4, -0.2) is 21.7 Å². The molecule has 1 aliphatic rings. The molecular weight excluding hydrogens is 188 g/mol. The van der Waals surface area contributed by atoms with Crippen LogP contribution < -0.4 is 5.32 Å². The van der Waals surface area contributed by atoms with Gasteiger partial charge in [-0.1, -0.05) is 12.1 Å². The van der Waals surface area contributed by atoms with E-state index in [1.165, 1.54) is 17.5 Å². The fourth-order valence-corrected chi connectivity index (χ4v) is 1.97. The first-order chi connectivity index (χ1) is 7.43. The van der Waals surface area contributed by atoms with Crippen molar-refractivity contribution in [2.24, 2.45) is 0 Å². The molecule has 0 saturated carbocycles. The predicted octanol–water partition coefficient (Wildman–Crippen LogP) is 1.12. The van der Waals surface area contributed by atoms with Gasteiger partial charge in [-0.05, 0) is 30.2 Å². The normalized spacial score (nSPS) is 14.9. The SMILES string of the molecule is c1n[nH]c(-c2ccc3c(c2)CNCC3)n1. The highest BCUT2D eigenvalue weighted by molar-refractivity contribution is 5.57. The number of fused-ring (bicyclic) bond motifs is 1. The summed E-state index contributed by atoms with van der Waals surface area (Å²) in [5.41, 5.74) is 3.92. The van der Waals surface area contributed by atoms with E-state index in [0.717, 1.165) is 30.9 Å². The number of rotatable bonds is 1. The number of nitrogens with one attached hydrogen (secondary N) is 2. The third-order valence-electron chi connectivity index (χ3n) is 2.78. The number of benzene rings is 1. The van der Waals surface area contributed by atoms with E-state index in [-0.39, 0.29) is 0 Å². The van der Waals surface area contributed by atoms with E-state index in [2.05, 4.69) is 38.7 Å². The average molecular weight is 200 g/mol. The molecule has 0 radical (unpaired) electrons. The fourth-order valence-electron chi connectivity index (χ4n) is 1.97. The minimum atomic E-state index is 0.836. The molecule has 4 heteroatoms. The van der Waals surface area contributed by atoms with Gasteiger partial charge in [0.2, 0.25) is 0 Å². The van der Waals surface area contributed by atoms with E-state index in [4.69, 9.17) is 0 Å². The highest BCUT2D eigenvalue weighted by Gasteiger charge is 2.10. The highest BCUT2D eigenvalue weighted by Crippen LogP contribution is 2.21. The Hall–Kier alpha value is -1.68. The van der Waals surface area contributed by atoms with Crippen molar-refractivity contribution in [1.82, 2.24) is 20.5 Å². The van der Waals surface area contributed by atoms with Crippen LogP contribution >= 0.6 is 0 Å². The van der Waals surface area contributed by atoms with Crippen molar-refractivity contribution in [3.63, 3.8) is 0 Å². The molecule has 3 rings (SSSR count). The van der Waals surface area contributed by atoms with Crippen molar-refractivity contribution in [1.29, 1.82) is 0 Å². The largest absolute Gasteiger partial charge is 0.312 e. The van der Waals surface area contributed by atoms with E-state index in [0.29, 0.717) is 0 Å². The molecular formula is C11H12N4. The van der Waals surface area contributed by atoms with E-state index in [9.17, 15) is 0 Å². The van der Waals surface area contributed by atoms with E-state index >= 15 is 0 Å². The van der Waals surface area contributed by atoms with Crippen molar-refractivity contribution < 1.29 is 0 Å². The topological polar surface area (TPSA) is 53.6 Å². The summed E-state index contributed by atoms with van der Waals surface area (Å²) in [5, 5.41) is 10.1. The van der Waals surface area contributed by atoms with Crippen molar-refractivity contribution in [3.05, 3.63) is 35.7 Å². The van der Waals surface area contributed by atoms with Gasteiger partial charge in [-0.25, -0.2) is 4.98 Å². The minimum absolute atomic E-state index is 0.836. The Balaban J connectivity index is 2.04. The second kappa shape index (κ2) is 3.47. The van der Waals surface area contributed by atoms with Crippen molar-refractivity contribution in [2.45, 2.75) is 13.0 Å². The monoisotopic (exact) mass is 200 g/mol. The molecule has 1 aliphatic heterocycles. The molecule has 1 aromatic carbocycles. The van der Waals surface area contributed by atoms with Crippen LogP contribution in [0.4, 0.5) is 0 Å². The van der Waals surface area contributed by atoms with Gasteiger partial charge in [0.05, 0.1) is 0 Å². The molecule has 0 unspecified atom stereocenters. The van der Waals surface area contributed by atoms with E-state index in [1.807, 2.05) is 0 Å². The van der Waals surface area contributed by atoms with Crippen LogP contribution in [0.15, 0.2) is 24.5 Å². The standard InChI is InChI=1S/C11H12N4/c1-2-9(11-13-7-14-15-11)5-10-6-12-4-3-8(1)10/h1-2,5,7,12H,3-4,6H2,(H,13,14,15). The van der Waals surface area contributed by atoms with Crippen LogP contribution in [0.3, 0.4) is 0 Å². The van der Waals surface area contributed by atoms with Crippen LogP contribution in [0.5, 0.6) is 0 Å². The molecule has 0 bridgehead atoms. The lowest BCUT2D eigenvalue weighted by Gasteiger charge is -2.17. The maximum Gasteiger partial charge on any atom is 0.155 e. The summed E-state index contributed by atoms with van der Waals surface area (Å²) < 4.78 is 0. The zero-order chi connectivity index (χ0) is 10.1. The quantitative estimate of drug-likeness (QED) is 0.725. The molecule has 0 aliphatic carbocycles. The maximum atomic E-state index is 4.15. The molecule has 0 fully saturated rings. The van der Waals surface area contributed by atoms with Crippen LogP contribution in [0, 0.1) is 0 Å². The van der Waals surface area contributed by atoms with Crippen molar-refractivity contribution in [3.8, 4) is 11.4 Å². The number of aromatic amines is 1. The van der Waals surface area contributed by atoms with Crippen LogP contribution in [0.1, 0.15) is 11.1 Å². The summed E-state index contributed by atoms with van der Waals surface area (Å²) in [6.07, 6.45) is 2.65. The van der Waals surface area contributed by atoms with Gasteiger partial charge in [-0.2, -0.15) is 5.10 Å². The van der Waals surface area contributed by atoms with Crippen molar-refractivity contribution in [2.75, 3.05) is 6.54 Å². The zero-order valence-corrected chi connectivity index (χ0v) is 8.33. The molecule has 15 heavy (non-hydrogen) atoms. The molecule has 2 aromatic rings. The lowest BCUT2D eigenvalue weighted by atomic mass is 9.98. The van der Waals surface area contributed by atoms with Crippen LogP contribution in [0.2, 0.25) is 0 Å². The Morgan fingerprint density at radius 3 is 3.07 bits per heavy atom. The van der Waals surface area contributed by atoms with Crippen LogP contribution in [0.25, 0.3) is 11.4 Å². The van der Waals surface area contributed by atoms with E-state index in [1.54, 1.807) is 0 Å². The second-order valence-corrected chi connectivity index (χ2v) is 3.74. The number of hydrogen-bond donors (Lipinski definition) is 2. The average Bonchev–Trinajstić information content (AvgIpc) is 2.82. The van der Waals surface area contributed by atoms with Crippen molar-refractivity contribution >= 4 is 0 Å². The molecule has 76 valence electrons. The van der Waals surface area contributed by atoms with Gasteiger partial charge < -0.3 is 5.32 Å². The Labute approximate surface area is 87.7 Å². The number of nitrogens with zero attached hydrogens (tertiary/aromatic N) is 2. The zero-order valence-electron chi connectivity index (χ0n) is 8.33. The molecule has 2 N–H and O–H groups in total. The first-order valence-corrected chi connectivity index (χ1v) is 5.12. The smallest absolute Gasteiger partial charge is 0.155 e. The highest BCUT2D eigenvalue weighted by atomic mass is 15.2. The van der Waals surface area contributed by atoms with Gasteiger partial charge in [0.1, 0.15) is 6.33 Å². The molecule has 2 heterocycles. The first kappa shape index (κ1) is 8.61. The lowest BCUT2D eigenvalue weighted by molar-refractivity contribution is 0.644. The first-order valence-electron chi connectivity index (χ1n) is 5.12. The van der Waals surface area contributed by atoms with Gasteiger partial charge in [-0.15, -0.1) is 0 Å². The van der Waals surface area contributed by atoms with Gasteiger partial charge in [0.15, 0.2) is 5.82 Å². The van der Waals surface area contributed by atoms with Crippen LogP contribution in [-0.2, 0) is 13.0 Å². The summed E-state index contributed by atoms with van der Waals surface area (Å²) in [6.45, 7) is 2.03. The fraction of sp³-hybridized carbons (Fsp3) is 0.273. The Bertz CT molecular complexity index is 461. The van der Waals surface area contributed by atoms with Gasteiger partial charge in [0, 0.05) is 12.1 Å². The molecule has 0 spiro atoms. The summed E-state index contributed by atoms with van der Waals surface area (Å²) in [4.78, 5) is 4.15. The maximum absolute atomic E-state index is 4.15. The predicted molar refractivity (Wildman–Crippen MR) is 57.2 cm³/mol. The minimum Gasteiger partial charge on any atom is -0.312 e. The number of aromatic nitrogens is 3. The molecule has 0 saturated heterocycles. The summed E-state index contributed by atoms with van der Waals surface area (Å²) in [6, 6.07) is 6.47. The Morgan fingerprint density at radius 2 is 2.20 bits per heavy atom. The molecule has 1 aromatic heterocycles. The second-order valence-electron chi connectivity index (χ2n) is 3.74. The lowest BCUT2D eigenvalue weighted by Crippen LogP contribution is -2.23. The summed E-state index contributed by atoms with van der Waals surface area (Å²) in [7, 11) is 0. The number of H-pyrrole nitrogens is 1. The summed E-state index contributed by atoms with van der Waals surface area (Å²) in [5.74, 6) is 0.836. The Morgan fingerprint density at radius 1 is 1.20 bits per heavy atom. The molecule has 0 amide bonds. The van der Waals surface area contributed by atoms with Gasteiger partial charge in [-0.3, -0.25) is 5.10 Å².